The van der Waals surface area contributed by atoms with Crippen molar-refractivity contribution in [1.29, 1.82) is 0 Å². The Morgan fingerprint density at radius 3 is 2.94 bits per heavy atom. The van der Waals surface area contributed by atoms with Gasteiger partial charge < -0.3 is 5.32 Å². The average molecular weight is 321 g/mol. The van der Waals surface area contributed by atoms with E-state index in [-0.39, 0.29) is 11.8 Å². The fourth-order valence-corrected chi connectivity index (χ4v) is 3.40. The highest BCUT2D eigenvalue weighted by molar-refractivity contribution is 9.11. The molecule has 6 nitrogen and oxygen atoms in total. The molecule has 1 aliphatic heterocycles. The van der Waals surface area contributed by atoms with Crippen molar-refractivity contribution in [2.24, 2.45) is 0 Å². The summed E-state index contributed by atoms with van der Waals surface area (Å²) in [4.78, 5) is 0. The Balaban J connectivity index is 2.13. The van der Waals surface area contributed by atoms with Gasteiger partial charge >= 0.3 is 0 Å². The van der Waals surface area contributed by atoms with Crippen LogP contribution in [0.5, 0.6) is 0 Å². The van der Waals surface area contributed by atoms with Crippen LogP contribution in [0.2, 0.25) is 0 Å². The molecule has 17 heavy (non-hydrogen) atoms. The number of hydrogen-bond donors (Lipinski definition) is 2. The molecule has 0 unspecified atom stereocenters. The molecule has 0 spiro atoms. The quantitative estimate of drug-likeness (QED) is 0.836. The molecule has 1 aromatic rings. The minimum atomic E-state index is -3.42. The van der Waals surface area contributed by atoms with Crippen LogP contribution in [-0.4, -0.2) is 37.0 Å². The van der Waals surface area contributed by atoms with Gasteiger partial charge in [0, 0.05) is 23.6 Å². The lowest BCUT2D eigenvalue weighted by atomic mass is 10.2. The van der Waals surface area contributed by atoms with Gasteiger partial charge in [0.25, 0.3) is 0 Å². The molecule has 0 amide bonds. The highest BCUT2D eigenvalue weighted by Gasteiger charge is 2.23. The van der Waals surface area contributed by atoms with Gasteiger partial charge in [-0.3, -0.25) is 4.72 Å². The van der Waals surface area contributed by atoms with E-state index in [0.29, 0.717) is 10.3 Å². The SMILES string of the molecule is C=C(Br)CS(=O)(=O)Nc1ccnn1C1CNC1. The maximum Gasteiger partial charge on any atom is 0.238 e. The molecule has 2 rings (SSSR count). The van der Waals surface area contributed by atoms with Crippen molar-refractivity contribution in [3.8, 4) is 0 Å². The summed E-state index contributed by atoms with van der Waals surface area (Å²) in [6.07, 6.45) is 1.58. The molecule has 1 aliphatic rings. The fraction of sp³-hybridized carbons (Fsp3) is 0.444. The Kier molecular flexibility index (Phi) is 3.55. The van der Waals surface area contributed by atoms with Crippen molar-refractivity contribution in [1.82, 2.24) is 15.1 Å². The topological polar surface area (TPSA) is 76.0 Å². The summed E-state index contributed by atoms with van der Waals surface area (Å²) in [7, 11) is -3.42. The minimum Gasteiger partial charge on any atom is -0.312 e. The third-order valence-corrected chi connectivity index (χ3v) is 4.28. The van der Waals surface area contributed by atoms with Crippen LogP contribution in [0.1, 0.15) is 6.04 Å². The summed E-state index contributed by atoms with van der Waals surface area (Å²) in [6, 6.07) is 1.86. The predicted molar refractivity (Wildman–Crippen MR) is 69.6 cm³/mol. The summed E-state index contributed by atoms with van der Waals surface area (Å²) >= 11 is 3.04. The van der Waals surface area contributed by atoms with Crippen LogP contribution in [0.15, 0.2) is 23.3 Å². The number of halogens is 1. The van der Waals surface area contributed by atoms with E-state index in [9.17, 15) is 8.42 Å². The lowest BCUT2D eigenvalue weighted by molar-refractivity contribution is 0.322. The number of anilines is 1. The Morgan fingerprint density at radius 2 is 2.41 bits per heavy atom. The Hall–Kier alpha value is -0.860. The Bertz CT molecular complexity index is 521. The molecule has 2 N–H and O–H groups in total. The first-order valence-electron chi connectivity index (χ1n) is 5.06. The molecule has 0 aromatic carbocycles. The van der Waals surface area contributed by atoms with Crippen LogP contribution in [0.3, 0.4) is 0 Å². The standard InChI is InChI=1S/C9H13BrN4O2S/c1-7(10)6-17(15,16)13-9-2-3-12-14(9)8-4-11-5-8/h2-3,8,11,13H,1,4-6H2. The summed E-state index contributed by atoms with van der Waals surface area (Å²) in [5.41, 5.74) is 0. The van der Waals surface area contributed by atoms with Gasteiger partial charge in [0.2, 0.25) is 10.0 Å². The zero-order valence-electron chi connectivity index (χ0n) is 9.06. The minimum absolute atomic E-state index is 0.152. The molecule has 94 valence electrons. The number of nitrogens with one attached hydrogen (secondary N) is 2. The van der Waals surface area contributed by atoms with Crippen LogP contribution in [0.25, 0.3) is 0 Å². The van der Waals surface area contributed by atoms with Crippen molar-refractivity contribution in [3.63, 3.8) is 0 Å². The first kappa shape index (κ1) is 12.6. The second-order valence-corrected chi connectivity index (χ2v) is 6.70. The highest BCUT2D eigenvalue weighted by atomic mass is 79.9. The molecule has 8 heteroatoms. The lowest BCUT2D eigenvalue weighted by Crippen LogP contribution is -2.44. The van der Waals surface area contributed by atoms with E-state index < -0.39 is 10.0 Å². The van der Waals surface area contributed by atoms with Crippen molar-refractivity contribution in [3.05, 3.63) is 23.3 Å². The largest absolute Gasteiger partial charge is 0.312 e. The summed E-state index contributed by atoms with van der Waals surface area (Å²) in [6.45, 7) is 5.13. The molecular weight excluding hydrogens is 308 g/mol. The third kappa shape index (κ3) is 3.08. The second kappa shape index (κ2) is 4.79. The van der Waals surface area contributed by atoms with Gasteiger partial charge in [-0.25, -0.2) is 13.1 Å². The molecule has 0 bridgehead atoms. The normalized spacial score (nSPS) is 16.5. The van der Waals surface area contributed by atoms with Crippen molar-refractivity contribution in [2.45, 2.75) is 6.04 Å². The molecule has 0 radical (unpaired) electrons. The van der Waals surface area contributed by atoms with Gasteiger partial charge in [0.15, 0.2) is 0 Å². The molecule has 0 atom stereocenters. The van der Waals surface area contributed by atoms with Crippen LogP contribution in [0, 0.1) is 0 Å². The first-order chi connectivity index (χ1) is 7.98. The molecule has 1 saturated heterocycles. The van der Waals surface area contributed by atoms with E-state index in [0.717, 1.165) is 13.1 Å². The van der Waals surface area contributed by atoms with Crippen molar-refractivity contribution >= 4 is 31.8 Å². The van der Waals surface area contributed by atoms with E-state index in [1.54, 1.807) is 16.9 Å². The fourth-order valence-electron chi connectivity index (χ4n) is 1.53. The molecule has 0 aliphatic carbocycles. The van der Waals surface area contributed by atoms with Gasteiger partial charge in [-0.05, 0) is 0 Å². The number of sulfonamides is 1. The van der Waals surface area contributed by atoms with E-state index in [1.165, 1.54) is 0 Å². The Labute approximate surface area is 108 Å². The van der Waals surface area contributed by atoms with Gasteiger partial charge in [-0.2, -0.15) is 5.10 Å². The molecular formula is C9H13BrN4O2S. The number of nitrogens with zero attached hydrogens (tertiary/aromatic N) is 2. The molecule has 2 heterocycles. The smallest absolute Gasteiger partial charge is 0.238 e. The van der Waals surface area contributed by atoms with Crippen LogP contribution >= 0.6 is 15.9 Å². The summed E-state index contributed by atoms with van der Waals surface area (Å²) in [5.74, 6) is 0.339. The molecule has 1 aromatic heterocycles. The maximum atomic E-state index is 11.7. The monoisotopic (exact) mass is 320 g/mol. The van der Waals surface area contributed by atoms with E-state index in [2.05, 4.69) is 37.6 Å². The van der Waals surface area contributed by atoms with E-state index >= 15 is 0 Å². The van der Waals surface area contributed by atoms with Gasteiger partial charge in [0.1, 0.15) is 11.6 Å². The summed E-state index contributed by atoms with van der Waals surface area (Å²) < 4.78 is 28.1. The molecule has 1 fully saturated rings. The third-order valence-electron chi connectivity index (χ3n) is 2.38. The van der Waals surface area contributed by atoms with Crippen molar-refractivity contribution in [2.75, 3.05) is 23.6 Å². The Morgan fingerprint density at radius 1 is 1.71 bits per heavy atom. The van der Waals surface area contributed by atoms with Crippen LogP contribution in [-0.2, 0) is 10.0 Å². The average Bonchev–Trinajstić information content (AvgIpc) is 2.46. The highest BCUT2D eigenvalue weighted by Crippen LogP contribution is 2.19. The maximum absolute atomic E-state index is 11.7. The first-order valence-corrected chi connectivity index (χ1v) is 7.50. The van der Waals surface area contributed by atoms with E-state index in [1.807, 2.05) is 0 Å². The lowest BCUT2D eigenvalue weighted by Gasteiger charge is -2.28. The number of aromatic nitrogens is 2. The zero-order chi connectivity index (χ0) is 12.5. The van der Waals surface area contributed by atoms with Crippen LogP contribution < -0.4 is 10.0 Å². The zero-order valence-corrected chi connectivity index (χ0v) is 11.5. The van der Waals surface area contributed by atoms with Crippen LogP contribution in [0.4, 0.5) is 5.82 Å². The number of rotatable bonds is 5. The van der Waals surface area contributed by atoms with Crippen molar-refractivity contribution < 1.29 is 8.42 Å². The van der Waals surface area contributed by atoms with Gasteiger partial charge in [-0.15, -0.1) is 0 Å². The van der Waals surface area contributed by atoms with Gasteiger partial charge in [0.05, 0.1) is 12.2 Å². The number of hydrogen-bond acceptors (Lipinski definition) is 4. The van der Waals surface area contributed by atoms with E-state index in [4.69, 9.17) is 0 Å². The predicted octanol–water partition coefficient (Wildman–Crippen LogP) is 0.678. The second-order valence-electron chi connectivity index (χ2n) is 3.85. The summed E-state index contributed by atoms with van der Waals surface area (Å²) in [5, 5.41) is 7.23. The van der Waals surface area contributed by atoms with Gasteiger partial charge in [-0.1, -0.05) is 22.5 Å². The molecule has 0 saturated carbocycles.